The predicted octanol–water partition coefficient (Wildman–Crippen LogP) is 5.06. The SMILES string of the molecule is CS(=O)(=O)N1CC[C@@H](OCc2cc(C(F)(F)F)cc(C(F)(F)F)c2)[C@@H](c2ccccc2)C1. The molecule has 0 unspecified atom stereocenters. The van der Waals surface area contributed by atoms with Crippen molar-refractivity contribution in [2.75, 3.05) is 19.3 Å². The number of alkyl halides is 6. The van der Waals surface area contributed by atoms with Crippen molar-refractivity contribution < 1.29 is 39.5 Å². The second kappa shape index (κ2) is 9.03. The largest absolute Gasteiger partial charge is 0.416 e. The second-order valence-corrected chi connectivity index (χ2v) is 9.67. The molecule has 0 radical (unpaired) electrons. The molecule has 1 aliphatic heterocycles. The average Bonchev–Trinajstić information content (AvgIpc) is 2.70. The van der Waals surface area contributed by atoms with E-state index in [-0.39, 0.29) is 31.1 Å². The summed E-state index contributed by atoms with van der Waals surface area (Å²) in [5.41, 5.74) is -2.30. The molecule has 1 aliphatic rings. The van der Waals surface area contributed by atoms with Gasteiger partial charge in [-0.1, -0.05) is 30.3 Å². The summed E-state index contributed by atoms with van der Waals surface area (Å²) in [4.78, 5) is 0. The number of benzene rings is 2. The molecule has 2 aromatic rings. The molecule has 0 aromatic heterocycles. The van der Waals surface area contributed by atoms with Crippen LogP contribution in [0.3, 0.4) is 0 Å². The van der Waals surface area contributed by atoms with E-state index in [0.717, 1.165) is 11.8 Å². The highest BCUT2D eigenvalue weighted by Crippen LogP contribution is 2.37. The van der Waals surface area contributed by atoms with Gasteiger partial charge in [0.15, 0.2) is 0 Å². The summed E-state index contributed by atoms with van der Waals surface area (Å²) in [6.45, 7) is -0.229. The standard InChI is InChI=1S/C21H21F6NO3S/c1-32(29,30)28-8-7-19(18(12-28)15-5-3-2-4-6-15)31-13-14-9-16(20(22,23)24)11-17(10-14)21(25,26)27/h2-6,9-11,18-19H,7-8,12-13H2,1H3/t18-,19-/m1/s1. The molecule has 0 amide bonds. The monoisotopic (exact) mass is 481 g/mol. The number of halogens is 6. The lowest BCUT2D eigenvalue weighted by Crippen LogP contribution is -2.45. The van der Waals surface area contributed by atoms with E-state index in [1.165, 1.54) is 4.31 Å². The number of sulfonamides is 1. The van der Waals surface area contributed by atoms with Gasteiger partial charge in [-0.15, -0.1) is 0 Å². The predicted molar refractivity (Wildman–Crippen MR) is 105 cm³/mol. The molecule has 0 bridgehead atoms. The average molecular weight is 481 g/mol. The van der Waals surface area contributed by atoms with E-state index >= 15 is 0 Å². The van der Waals surface area contributed by atoms with Gasteiger partial charge < -0.3 is 4.74 Å². The third kappa shape index (κ3) is 6.02. The molecule has 1 fully saturated rings. The van der Waals surface area contributed by atoms with E-state index in [1.807, 2.05) is 0 Å². The van der Waals surface area contributed by atoms with Crippen LogP contribution in [0.25, 0.3) is 0 Å². The molecule has 32 heavy (non-hydrogen) atoms. The third-order valence-corrected chi connectivity index (χ3v) is 6.59. The van der Waals surface area contributed by atoms with Crippen LogP contribution in [0.2, 0.25) is 0 Å². The van der Waals surface area contributed by atoms with E-state index in [0.29, 0.717) is 12.1 Å². The van der Waals surface area contributed by atoms with Crippen molar-refractivity contribution in [3.63, 3.8) is 0 Å². The minimum Gasteiger partial charge on any atom is -0.373 e. The summed E-state index contributed by atoms with van der Waals surface area (Å²) in [5, 5.41) is 0. The lowest BCUT2D eigenvalue weighted by Gasteiger charge is -2.37. The quantitative estimate of drug-likeness (QED) is 0.561. The maximum Gasteiger partial charge on any atom is 0.416 e. The van der Waals surface area contributed by atoms with Crippen molar-refractivity contribution in [3.8, 4) is 0 Å². The fraction of sp³-hybridized carbons (Fsp3) is 0.429. The first-order chi connectivity index (χ1) is 14.7. The molecule has 4 nitrogen and oxygen atoms in total. The first kappa shape index (κ1) is 24.5. The normalized spacial score (nSPS) is 21.0. The molecule has 2 atom stereocenters. The lowest BCUT2D eigenvalue weighted by atomic mass is 9.89. The Bertz CT molecular complexity index is 1010. The number of hydrogen-bond donors (Lipinski definition) is 0. The van der Waals surface area contributed by atoms with Gasteiger partial charge in [0, 0.05) is 19.0 Å². The molecule has 0 spiro atoms. The van der Waals surface area contributed by atoms with Crippen LogP contribution in [0, 0.1) is 0 Å². The molecular weight excluding hydrogens is 460 g/mol. The molecule has 11 heteroatoms. The van der Waals surface area contributed by atoms with Crippen LogP contribution in [0.1, 0.15) is 34.6 Å². The van der Waals surface area contributed by atoms with Gasteiger partial charge in [-0.25, -0.2) is 12.7 Å². The van der Waals surface area contributed by atoms with Gasteiger partial charge >= 0.3 is 12.4 Å². The zero-order valence-corrected chi connectivity index (χ0v) is 17.8. The number of nitrogens with zero attached hydrogens (tertiary/aromatic N) is 1. The molecule has 1 saturated heterocycles. The third-order valence-electron chi connectivity index (χ3n) is 5.32. The van der Waals surface area contributed by atoms with Crippen molar-refractivity contribution in [3.05, 3.63) is 70.8 Å². The Morgan fingerprint density at radius 2 is 1.53 bits per heavy atom. The maximum atomic E-state index is 13.1. The number of ether oxygens (including phenoxy) is 1. The second-order valence-electron chi connectivity index (χ2n) is 7.69. The van der Waals surface area contributed by atoms with Gasteiger partial charge in [-0.3, -0.25) is 0 Å². The van der Waals surface area contributed by atoms with Gasteiger partial charge in [0.25, 0.3) is 0 Å². The van der Waals surface area contributed by atoms with Gasteiger partial charge in [-0.05, 0) is 35.7 Å². The fourth-order valence-corrected chi connectivity index (χ4v) is 4.60. The Morgan fingerprint density at radius 3 is 2.03 bits per heavy atom. The Balaban J connectivity index is 1.86. The minimum atomic E-state index is -4.94. The molecule has 0 saturated carbocycles. The minimum absolute atomic E-state index is 0.0703. The maximum absolute atomic E-state index is 13.1. The smallest absolute Gasteiger partial charge is 0.373 e. The van der Waals surface area contributed by atoms with Gasteiger partial charge in [0.05, 0.1) is 30.1 Å². The summed E-state index contributed by atoms with van der Waals surface area (Å²) < 4.78 is 110. The summed E-state index contributed by atoms with van der Waals surface area (Å²) in [6.07, 6.45) is -9.14. The van der Waals surface area contributed by atoms with Crippen molar-refractivity contribution in [2.45, 2.75) is 37.4 Å². The zero-order valence-electron chi connectivity index (χ0n) is 16.9. The highest BCUT2D eigenvalue weighted by molar-refractivity contribution is 7.88. The molecule has 2 aromatic carbocycles. The summed E-state index contributed by atoms with van der Waals surface area (Å²) >= 11 is 0. The van der Waals surface area contributed by atoms with Crippen LogP contribution >= 0.6 is 0 Å². The van der Waals surface area contributed by atoms with Crippen molar-refractivity contribution in [1.82, 2.24) is 4.31 Å². The van der Waals surface area contributed by atoms with Crippen LogP contribution in [0.15, 0.2) is 48.5 Å². The van der Waals surface area contributed by atoms with Crippen molar-refractivity contribution in [1.29, 1.82) is 0 Å². The van der Waals surface area contributed by atoms with Crippen LogP contribution in [0.5, 0.6) is 0 Å². The zero-order chi connectivity index (χ0) is 23.7. The molecule has 176 valence electrons. The lowest BCUT2D eigenvalue weighted by molar-refractivity contribution is -0.143. The van der Waals surface area contributed by atoms with E-state index in [1.54, 1.807) is 30.3 Å². The Kier molecular flexibility index (Phi) is 6.92. The highest BCUT2D eigenvalue weighted by Gasteiger charge is 2.38. The molecule has 3 rings (SSSR count). The molecule has 0 aliphatic carbocycles. The summed E-state index contributed by atoms with van der Waals surface area (Å²) in [7, 11) is -3.47. The Morgan fingerprint density at radius 1 is 0.969 bits per heavy atom. The Labute approximate surface area is 181 Å². The van der Waals surface area contributed by atoms with Gasteiger partial charge in [-0.2, -0.15) is 26.3 Å². The number of piperidine rings is 1. The molecular formula is C21H21F6NO3S. The van der Waals surface area contributed by atoms with Crippen molar-refractivity contribution in [2.24, 2.45) is 0 Å². The van der Waals surface area contributed by atoms with Gasteiger partial charge in [0.2, 0.25) is 10.0 Å². The van der Waals surface area contributed by atoms with E-state index in [9.17, 15) is 34.8 Å². The molecule has 1 heterocycles. The van der Waals surface area contributed by atoms with Crippen molar-refractivity contribution >= 4 is 10.0 Å². The topological polar surface area (TPSA) is 46.6 Å². The van der Waals surface area contributed by atoms with E-state index < -0.39 is 52.1 Å². The highest BCUT2D eigenvalue weighted by atomic mass is 32.2. The molecule has 0 N–H and O–H groups in total. The number of hydrogen-bond acceptors (Lipinski definition) is 3. The Hall–Kier alpha value is -2.11. The summed E-state index contributed by atoms with van der Waals surface area (Å²) in [5.74, 6) is -0.424. The van der Waals surface area contributed by atoms with E-state index in [4.69, 9.17) is 4.74 Å². The first-order valence-corrected chi connectivity index (χ1v) is 11.5. The van der Waals surface area contributed by atoms with Crippen LogP contribution in [-0.2, 0) is 33.7 Å². The van der Waals surface area contributed by atoms with E-state index in [2.05, 4.69) is 0 Å². The van der Waals surface area contributed by atoms with Crippen LogP contribution < -0.4 is 0 Å². The number of rotatable bonds is 5. The fourth-order valence-electron chi connectivity index (χ4n) is 3.73. The van der Waals surface area contributed by atoms with Gasteiger partial charge in [0.1, 0.15) is 0 Å². The summed E-state index contributed by atoms with van der Waals surface area (Å²) in [6, 6.07) is 10.2. The van der Waals surface area contributed by atoms with Crippen LogP contribution in [-0.4, -0.2) is 38.2 Å². The van der Waals surface area contributed by atoms with Crippen LogP contribution in [0.4, 0.5) is 26.3 Å². The first-order valence-electron chi connectivity index (χ1n) is 9.65.